The third kappa shape index (κ3) is 3.07. The Morgan fingerprint density at radius 3 is 2.55 bits per heavy atom. The average Bonchev–Trinajstić information content (AvgIpc) is 3.04. The van der Waals surface area contributed by atoms with Crippen LogP contribution in [-0.4, -0.2) is 23.1 Å². The van der Waals surface area contributed by atoms with Gasteiger partial charge in [0, 0.05) is 19.5 Å². The summed E-state index contributed by atoms with van der Waals surface area (Å²) in [5, 5.41) is 0.436. The molecule has 1 aromatic carbocycles. The van der Waals surface area contributed by atoms with Crippen LogP contribution in [0.3, 0.4) is 0 Å². The summed E-state index contributed by atoms with van der Waals surface area (Å²) in [6.45, 7) is 2.15. The molecule has 0 spiro atoms. The van der Waals surface area contributed by atoms with Crippen LogP contribution in [0.1, 0.15) is 19.1 Å². The van der Waals surface area contributed by atoms with E-state index in [0.717, 1.165) is 29.6 Å². The average molecular weight is 316 g/mol. The highest BCUT2D eigenvalue weighted by Gasteiger charge is 2.16. The summed E-state index contributed by atoms with van der Waals surface area (Å²) in [6, 6.07) is 11.9. The van der Waals surface area contributed by atoms with Crippen molar-refractivity contribution in [2.75, 3.05) is 11.9 Å². The van der Waals surface area contributed by atoms with Gasteiger partial charge in [0.1, 0.15) is 5.76 Å². The third-order valence-electron chi connectivity index (χ3n) is 3.90. The minimum absolute atomic E-state index is 0.276. The predicted octanol–water partition coefficient (Wildman–Crippen LogP) is 4.33. The van der Waals surface area contributed by atoms with E-state index in [4.69, 9.17) is 16.0 Å². The van der Waals surface area contributed by atoms with Crippen molar-refractivity contribution >= 4 is 28.5 Å². The van der Waals surface area contributed by atoms with Crippen molar-refractivity contribution in [1.82, 2.24) is 9.97 Å². The van der Waals surface area contributed by atoms with Gasteiger partial charge in [0.05, 0.1) is 17.3 Å². The molecular formula is C17H18ClN3O. The van der Waals surface area contributed by atoms with Crippen LogP contribution in [0.2, 0.25) is 5.15 Å². The summed E-state index contributed by atoms with van der Waals surface area (Å²) >= 11 is 6.31. The van der Waals surface area contributed by atoms with Crippen LogP contribution in [0, 0.1) is 0 Å². The van der Waals surface area contributed by atoms with Gasteiger partial charge in [-0.2, -0.15) is 0 Å². The molecule has 0 aliphatic rings. The van der Waals surface area contributed by atoms with Crippen molar-refractivity contribution in [2.24, 2.45) is 0 Å². The summed E-state index contributed by atoms with van der Waals surface area (Å²) in [6.07, 6.45) is 3.54. The second-order valence-corrected chi connectivity index (χ2v) is 5.76. The largest absolute Gasteiger partial charge is 0.469 e. The van der Waals surface area contributed by atoms with Crippen LogP contribution < -0.4 is 4.90 Å². The topological polar surface area (TPSA) is 42.2 Å². The fourth-order valence-electron chi connectivity index (χ4n) is 2.40. The maximum atomic E-state index is 6.31. The van der Waals surface area contributed by atoms with Gasteiger partial charge in [-0.05, 0) is 37.6 Å². The van der Waals surface area contributed by atoms with E-state index < -0.39 is 0 Å². The van der Waals surface area contributed by atoms with Gasteiger partial charge in [0.25, 0.3) is 0 Å². The van der Waals surface area contributed by atoms with Gasteiger partial charge in [-0.1, -0.05) is 23.7 Å². The zero-order valence-corrected chi connectivity index (χ0v) is 13.4. The lowest BCUT2D eigenvalue weighted by Crippen LogP contribution is -2.30. The van der Waals surface area contributed by atoms with Gasteiger partial charge in [-0.25, -0.2) is 9.97 Å². The Morgan fingerprint density at radius 1 is 1.14 bits per heavy atom. The fraction of sp³-hybridized carbons (Fsp3) is 0.294. The first-order valence-corrected chi connectivity index (χ1v) is 7.70. The second kappa shape index (κ2) is 6.36. The normalized spacial score (nSPS) is 12.5. The number of rotatable bonds is 5. The number of nitrogens with zero attached hydrogens (tertiary/aromatic N) is 3. The molecule has 0 fully saturated rings. The molecule has 3 rings (SSSR count). The Bertz CT molecular complexity index is 758. The van der Waals surface area contributed by atoms with Gasteiger partial charge < -0.3 is 9.32 Å². The molecule has 114 valence electrons. The number of aryl methyl sites for hydroxylation is 1. The van der Waals surface area contributed by atoms with E-state index >= 15 is 0 Å². The summed E-state index contributed by atoms with van der Waals surface area (Å²) in [5.74, 6) is 1.71. The highest BCUT2D eigenvalue weighted by atomic mass is 35.5. The number of aromatic nitrogens is 2. The number of fused-ring (bicyclic) bond motifs is 1. The van der Waals surface area contributed by atoms with Crippen molar-refractivity contribution in [3.8, 4) is 0 Å². The third-order valence-corrected chi connectivity index (χ3v) is 4.15. The van der Waals surface area contributed by atoms with Crippen molar-refractivity contribution in [1.29, 1.82) is 0 Å². The Hall–Kier alpha value is -2.07. The van der Waals surface area contributed by atoms with E-state index in [0.29, 0.717) is 11.0 Å². The number of benzene rings is 1. The fourth-order valence-corrected chi connectivity index (χ4v) is 2.67. The zero-order chi connectivity index (χ0) is 15.5. The van der Waals surface area contributed by atoms with E-state index in [1.165, 1.54) is 0 Å². The number of furan rings is 1. The molecule has 0 N–H and O–H groups in total. The Morgan fingerprint density at radius 2 is 1.86 bits per heavy atom. The van der Waals surface area contributed by atoms with Gasteiger partial charge in [-0.3, -0.25) is 0 Å². The van der Waals surface area contributed by atoms with Crippen LogP contribution >= 0.6 is 11.6 Å². The van der Waals surface area contributed by atoms with Gasteiger partial charge in [-0.15, -0.1) is 0 Å². The Balaban J connectivity index is 1.78. The molecule has 22 heavy (non-hydrogen) atoms. The molecule has 2 aromatic heterocycles. The monoisotopic (exact) mass is 315 g/mol. The lowest BCUT2D eigenvalue weighted by molar-refractivity contribution is 0.486. The highest BCUT2D eigenvalue weighted by Crippen LogP contribution is 2.26. The predicted molar refractivity (Wildman–Crippen MR) is 89.4 cm³/mol. The summed E-state index contributed by atoms with van der Waals surface area (Å²) < 4.78 is 5.38. The minimum atomic E-state index is 0.276. The maximum Gasteiger partial charge on any atom is 0.172 e. The van der Waals surface area contributed by atoms with Crippen molar-refractivity contribution in [2.45, 2.75) is 25.8 Å². The molecule has 0 bridgehead atoms. The highest BCUT2D eigenvalue weighted by molar-refractivity contribution is 6.32. The van der Waals surface area contributed by atoms with Crippen molar-refractivity contribution in [3.63, 3.8) is 0 Å². The van der Waals surface area contributed by atoms with Crippen molar-refractivity contribution < 1.29 is 4.42 Å². The molecule has 5 heteroatoms. The summed E-state index contributed by atoms with van der Waals surface area (Å²) in [7, 11) is 2.00. The van der Waals surface area contributed by atoms with Crippen LogP contribution in [0.25, 0.3) is 11.0 Å². The number of hydrogen-bond donors (Lipinski definition) is 0. The minimum Gasteiger partial charge on any atom is -0.469 e. The molecule has 0 saturated carbocycles. The van der Waals surface area contributed by atoms with Gasteiger partial charge in [0.15, 0.2) is 11.0 Å². The number of para-hydroxylation sites is 2. The summed E-state index contributed by atoms with van der Waals surface area (Å²) in [4.78, 5) is 11.2. The quantitative estimate of drug-likeness (QED) is 0.702. The molecule has 0 saturated heterocycles. The van der Waals surface area contributed by atoms with Crippen LogP contribution in [0.5, 0.6) is 0 Å². The molecule has 3 aromatic rings. The van der Waals surface area contributed by atoms with Crippen LogP contribution in [0.4, 0.5) is 5.82 Å². The molecule has 0 amide bonds. The molecule has 2 heterocycles. The lowest BCUT2D eigenvalue weighted by Gasteiger charge is -2.26. The second-order valence-electron chi connectivity index (χ2n) is 5.40. The van der Waals surface area contributed by atoms with E-state index in [1.54, 1.807) is 6.26 Å². The molecule has 4 nitrogen and oxygen atoms in total. The standard InChI is InChI=1S/C17H18ClN3O/c1-12(9-10-13-6-5-11-22-13)21(2)17-16(18)19-14-7-3-4-8-15(14)20-17/h3-8,11-12H,9-10H2,1-2H3/t12-/m1/s1. The lowest BCUT2D eigenvalue weighted by atomic mass is 10.1. The van der Waals surface area contributed by atoms with Crippen LogP contribution in [-0.2, 0) is 6.42 Å². The Labute approximate surface area is 134 Å². The van der Waals surface area contributed by atoms with Crippen LogP contribution in [0.15, 0.2) is 47.1 Å². The molecule has 1 atom stereocenters. The first-order valence-electron chi connectivity index (χ1n) is 7.32. The van der Waals surface area contributed by atoms with E-state index in [-0.39, 0.29) is 6.04 Å². The Kier molecular flexibility index (Phi) is 4.29. The number of anilines is 1. The van der Waals surface area contributed by atoms with Crippen molar-refractivity contribution in [3.05, 3.63) is 53.6 Å². The molecule has 0 aliphatic carbocycles. The first-order chi connectivity index (χ1) is 10.6. The molecular weight excluding hydrogens is 298 g/mol. The smallest absolute Gasteiger partial charge is 0.172 e. The summed E-state index contributed by atoms with van der Waals surface area (Å²) in [5.41, 5.74) is 1.67. The molecule has 0 unspecified atom stereocenters. The number of hydrogen-bond acceptors (Lipinski definition) is 4. The van der Waals surface area contributed by atoms with E-state index in [1.807, 2.05) is 43.4 Å². The SMILES string of the molecule is C[C@H](CCc1ccco1)N(C)c1nc2ccccc2nc1Cl. The van der Waals surface area contributed by atoms with E-state index in [9.17, 15) is 0 Å². The molecule has 0 radical (unpaired) electrons. The van der Waals surface area contributed by atoms with Gasteiger partial charge in [0.2, 0.25) is 0 Å². The zero-order valence-electron chi connectivity index (χ0n) is 12.7. The van der Waals surface area contributed by atoms with Gasteiger partial charge >= 0.3 is 0 Å². The number of halogens is 1. The molecule has 0 aliphatic heterocycles. The first kappa shape index (κ1) is 14.9. The van der Waals surface area contributed by atoms with E-state index in [2.05, 4.69) is 21.8 Å². The maximum absolute atomic E-state index is 6.31.